The van der Waals surface area contributed by atoms with Crippen LogP contribution in [0.4, 0.5) is 11.4 Å². The summed E-state index contributed by atoms with van der Waals surface area (Å²) in [5.41, 5.74) is 1.78. The van der Waals surface area contributed by atoms with Crippen LogP contribution in [-0.2, 0) is 14.8 Å². The van der Waals surface area contributed by atoms with Gasteiger partial charge in [0.1, 0.15) is 0 Å². The number of nitrogens with zero attached hydrogens (tertiary/aromatic N) is 1. The smallest absolute Gasteiger partial charge is 0.257 e. The van der Waals surface area contributed by atoms with E-state index in [0.717, 1.165) is 9.87 Å². The number of carbonyl (C=O) groups is 2. The molecular weight excluding hydrogens is 364 g/mol. The van der Waals surface area contributed by atoms with Gasteiger partial charge in [0.05, 0.1) is 22.0 Å². The molecule has 130 valence electrons. The second-order valence-corrected chi connectivity index (χ2v) is 8.06. The topological polar surface area (TPSA) is 83.6 Å². The number of sulfonamides is 1. The number of hydrogen-bond donors (Lipinski definition) is 1. The van der Waals surface area contributed by atoms with E-state index in [-0.39, 0.29) is 28.4 Å². The largest absolute Gasteiger partial charge is 0.322 e. The molecule has 0 saturated carbocycles. The van der Waals surface area contributed by atoms with Gasteiger partial charge < -0.3 is 5.32 Å². The second kappa shape index (κ2) is 6.50. The Morgan fingerprint density at radius 3 is 2.60 bits per heavy atom. The highest BCUT2D eigenvalue weighted by Gasteiger charge is 2.36. The van der Waals surface area contributed by atoms with E-state index in [1.165, 1.54) is 18.2 Å². The highest BCUT2D eigenvalue weighted by molar-refractivity contribution is 7.94. The number of nitrogens with one attached hydrogen (secondary N) is 1. The zero-order valence-electron chi connectivity index (χ0n) is 13.3. The Labute approximate surface area is 150 Å². The summed E-state index contributed by atoms with van der Waals surface area (Å²) in [5, 5.41) is 2.88. The molecular formula is C17H15ClN2O4S. The lowest BCUT2D eigenvalue weighted by atomic mass is 10.1. The van der Waals surface area contributed by atoms with Crippen molar-refractivity contribution in [2.45, 2.75) is 13.3 Å². The van der Waals surface area contributed by atoms with E-state index in [0.29, 0.717) is 5.69 Å². The first kappa shape index (κ1) is 17.4. The highest BCUT2D eigenvalue weighted by Crippen LogP contribution is 2.29. The van der Waals surface area contributed by atoms with Gasteiger partial charge in [-0.15, -0.1) is 0 Å². The van der Waals surface area contributed by atoms with Crippen LogP contribution in [0.2, 0.25) is 5.02 Å². The van der Waals surface area contributed by atoms with Gasteiger partial charge in [-0.1, -0.05) is 23.7 Å². The summed E-state index contributed by atoms with van der Waals surface area (Å²) in [7, 11) is -3.70. The maximum Gasteiger partial charge on any atom is 0.257 e. The Morgan fingerprint density at radius 2 is 1.96 bits per heavy atom. The fourth-order valence-electron chi connectivity index (χ4n) is 2.60. The molecule has 1 aliphatic heterocycles. The van der Waals surface area contributed by atoms with E-state index in [2.05, 4.69) is 5.32 Å². The van der Waals surface area contributed by atoms with Gasteiger partial charge in [0, 0.05) is 12.1 Å². The zero-order valence-corrected chi connectivity index (χ0v) is 14.9. The van der Waals surface area contributed by atoms with Gasteiger partial charge in [-0.3, -0.25) is 9.59 Å². The van der Waals surface area contributed by atoms with Crippen LogP contribution in [0, 0.1) is 6.92 Å². The van der Waals surface area contributed by atoms with Crippen LogP contribution in [0.5, 0.6) is 0 Å². The molecule has 0 bridgehead atoms. The number of halogens is 1. The first-order valence-corrected chi connectivity index (χ1v) is 9.50. The van der Waals surface area contributed by atoms with Crippen molar-refractivity contribution in [2.75, 3.05) is 15.4 Å². The SMILES string of the molecule is Cc1cccc(NC(=O)c2cc(N3C(=O)CCS3(=O)=O)ccc2Cl)c1. The number of anilines is 2. The van der Waals surface area contributed by atoms with Crippen LogP contribution in [0.1, 0.15) is 22.3 Å². The standard InChI is InChI=1S/C17H15ClN2O4S/c1-11-3-2-4-12(9-11)19-17(22)14-10-13(5-6-15(14)18)20-16(21)7-8-25(20,23)24/h2-6,9-10H,7-8H2,1H3,(H,19,22). The molecule has 3 rings (SSSR count). The van der Waals surface area contributed by atoms with Crippen molar-refractivity contribution in [1.29, 1.82) is 0 Å². The third kappa shape index (κ3) is 3.52. The molecule has 0 radical (unpaired) electrons. The predicted octanol–water partition coefficient (Wildman–Crippen LogP) is 2.97. The second-order valence-electron chi connectivity index (χ2n) is 5.71. The summed E-state index contributed by atoms with van der Waals surface area (Å²) in [6.45, 7) is 1.90. The number of carbonyl (C=O) groups excluding carboxylic acids is 2. The normalized spacial score (nSPS) is 16.1. The van der Waals surface area contributed by atoms with Crippen LogP contribution in [0.3, 0.4) is 0 Å². The van der Waals surface area contributed by atoms with E-state index in [1.807, 2.05) is 13.0 Å². The molecule has 1 aliphatic rings. The predicted molar refractivity (Wildman–Crippen MR) is 96.5 cm³/mol. The van der Waals surface area contributed by atoms with Gasteiger partial charge in [-0.05, 0) is 42.8 Å². The van der Waals surface area contributed by atoms with Crippen molar-refractivity contribution < 1.29 is 18.0 Å². The molecule has 25 heavy (non-hydrogen) atoms. The van der Waals surface area contributed by atoms with Gasteiger partial charge >= 0.3 is 0 Å². The summed E-state index contributed by atoms with van der Waals surface area (Å²) < 4.78 is 24.8. The summed E-state index contributed by atoms with van der Waals surface area (Å²) in [4.78, 5) is 24.4. The minimum Gasteiger partial charge on any atom is -0.322 e. The average molecular weight is 379 g/mol. The van der Waals surface area contributed by atoms with Crippen LogP contribution >= 0.6 is 11.6 Å². The van der Waals surface area contributed by atoms with Gasteiger partial charge in [0.2, 0.25) is 15.9 Å². The molecule has 0 atom stereocenters. The highest BCUT2D eigenvalue weighted by atomic mass is 35.5. The van der Waals surface area contributed by atoms with Crippen molar-refractivity contribution in [1.82, 2.24) is 0 Å². The van der Waals surface area contributed by atoms with Crippen molar-refractivity contribution >= 4 is 44.8 Å². The van der Waals surface area contributed by atoms with Crippen LogP contribution in [0.25, 0.3) is 0 Å². The lowest BCUT2D eigenvalue weighted by Gasteiger charge is -2.16. The summed E-state index contributed by atoms with van der Waals surface area (Å²) in [6, 6.07) is 11.4. The molecule has 0 spiro atoms. The van der Waals surface area contributed by atoms with E-state index >= 15 is 0 Å². The molecule has 0 aliphatic carbocycles. The fraction of sp³-hybridized carbons (Fsp3) is 0.176. The maximum absolute atomic E-state index is 12.5. The zero-order chi connectivity index (χ0) is 18.2. The minimum absolute atomic E-state index is 0.0736. The van der Waals surface area contributed by atoms with Gasteiger partial charge in [-0.25, -0.2) is 12.7 Å². The Kier molecular flexibility index (Phi) is 4.53. The quantitative estimate of drug-likeness (QED) is 0.889. The maximum atomic E-state index is 12.5. The summed E-state index contributed by atoms with van der Waals surface area (Å²) in [6.07, 6.45) is -0.0736. The third-order valence-electron chi connectivity index (χ3n) is 3.78. The van der Waals surface area contributed by atoms with E-state index in [4.69, 9.17) is 11.6 Å². The van der Waals surface area contributed by atoms with E-state index < -0.39 is 21.8 Å². The lowest BCUT2D eigenvalue weighted by molar-refractivity contribution is -0.116. The molecule has 1 fully saturated rings. The number of amides is 2. The minimum atomic E-state index is -3.70. The van der Waals surface area contributed by atoms with Crippen molar-refractivity contribution in [3.63, 3.8) is 0 Å². The Balaban J connectivity index is 1.94. The van der Waals surface area contributed by atoms with Crippen LogP contribution in [0.15, 0.2) is 42.5 Å². The molecule has 1 heterocycles. The third-order valence-corrected chi connectivity index (χ3v) is 5.80. The Bertz CT molecular complexity index is 972. The first-order valence-electron chi connectivity index (χ1n) is 7.51. The summed E-state index contributed by atoms with van der Waals surface area (Å²) in [5.74, 6) is -1.24. The molecule has 2 amide bonds. The molecule has 2 aromatic rings. The van der Waals surface area contributed by atoms with Crippen LogP contribution in [-0.4, -0.2) is 26.0 Å². The molecule has 1 N–H and O–H groups in total. The number of hydrogen-bond acceptors (Lipinski definition) is 4. The number of benzene rings is 2. The lowest BCUT2D eigenvalue weighted by Crippen LogP contribution is -2.29. The Hall–Kier alpha value is -2.38. The number of rotatable bonds is 3. The Morgan fingerprint density at radius 1 is 1.20 bits per heavy atom. The fourth-order valence-corrected chi connectivity index (χ4v) is 4.26. The summed E-state index contributed by atoms with van der Waals surface area (Å²) >= 11 is 6.09. The van der Waals surface area contributed by atoms with Crippen molar-refractivity contribution in [3.8, 4) is 0 Å². The molecule has 6 nitrogen and oxygen atoms in total. The number of aryl methyl sites for hydroxylation is 1. The van der Waals surface area contributed by atoms with Gasteiger partial charge in [0.25, 0.3) is 5.91 Å². The molecule has 2 aromatic carbocycles. The molecule has 0 aromatic heterocycles. The molecule has 0 unspecified atom stereocenters. The molecule has 8 heteroatoms. The average Bonchev–Trinajstić information content (AvgIpc) is 2.81. The van der Waals surface area contributed by atoms with Gasteiger partial charge in [0.15, 0.2) is 0 Å². The van der Waals surface area contributed by atoms with Crippen molar-refractivity contribution in [3.05, 3.63) is 58.6 Å². The van der Waals surface area contributed by atoms with Crippen LogP contribution < -0.4 is 9.62 Å². The first-order chi connectivity index (χ1) is 11.8. The molecule has 1 saturated heterocycles. The van der Waals surface area contributed by atoms with E-state index in [9.17, 15) is 18.0 Å². The monoisotopic (exact) mass is 378 g/mol. The van der Waals surface area contributed by atoms with Gasteiger partial charge in [-0.2, -0.15) is 0 Å². The van der Waals surface area contributed by atoms with E-state index in [1.54, 1.807) is 18.2 Å². The van der Waals surface area contributed by atoms with Crippen molar-refractivity contribution in [2.24, 2.45) is 0 Å².